The first kappa shape index (κ1) is 16.2. The molecule has 0 fully saturated rings. The van der Waals surface area contributed by atoms with Gasteiger partial charge in [0.15, 0.2) is 0 Å². The smallest absolute Gasteiger partial charge is 0.244 e. The van der Waals surface area contributed by atoms with E-state index in [1.165, 1.54) is 21.9 Å². The minimum atomic E-state index is -3.48. The molecular formula is C14H20N2O3S2. The maximum atomic E-state index is 12.5. The molecule has 5 nitrogen and oxygen atoms in total. The zero-order valence-corrected chi connectivity index (χ0v) is 14.0. The lowest BCUT2D eigenvalue weighted by Crippen LogP contribution is -2.26. The van der Waals surface area contributed by atoms with Crippen molar-refractivity contribution in [1.29, 1.82) is 0 Å². The Kier molecular flexibility index (Phi) is 5.21. The molecule has 21 heavy (non-hydrogen) atoms. The number of nitrogens with one attached hydrogen (secondary N) is 1. The van der Waals surface area contributed by atoms with Gasteiger partial charge >= 0.3 is 0 Å². The Labute approximate surface area is 129 Å². The quantitative estimate of drug-likeness (QED) is 0.849. The molecule has 0 unspecified atom stereocenters. The van der Waals surface area contributed by atoms with Crippen molar-refractivity contribution in [3.63, 3.8) is 0 Å². The number of hydrogen-bond acceptors (Lipinski definition) is 5. The van der Waals surface area contributed by atoms with Crippen LogP contribution in [0, 0.1) is 0 Å². The minimum Gasteiger partial charge on any atom is -0.468 e. The molecule has 0 aliphatic carbocycles. The summed E-state index contributed by atoms with van der Waals surface area (Å²) in [5, 5.41) is 4.96. The van der Waals surface area contributed by atoms with Crippen LogP contribution in [0.2, 0.25) is 0 Å². The zero-order chi connectivity index (χ0) is 15.5. The van der Waals surface area contributed by atoms with Crippen LogP contribution in [-0.2, 0) is 23.1 Å². The maximum Gasteiger partial charge on any atom is 0.244 e. The van der Waals surface area contributed by atoms with Crippen LogP contribution in [-0.4, -0.2) is 25.8 Å². The molecule has 0 radical (unpaired) electrons. The van der Waals surface area contributed by atoms with Gasteiger partial charge in [-0.15, -0.1) is 11.3 Å². The van der Waals surface area contributed by atoms with Gasteiger partial charge in [0.05, 0.1) is 17.7 Å². The van der Waals surface area contributed by atoms with Crippen molar-refractivity contribution in [2.24, 2.45) is 0 Å². The van der Waals surface area contributed by atoms with E-state index in [1.54, 1.807) is 30.6 Å². The predicted octanol–water partition coefficient (Wildman–Crippen LogP) is 2.66. The minimum absolute atomic E-state index is 0.227. The van der Waals surface area contributed by atoms with Gasteiger partial charge in [0, 0.05) is 29.9 Å². The molecule has 0 aromatic carbocycles. The van der Waals surface area contributed by atoms with Crippen molar-refractivity contribution >= 4 is 21.4 Å². The summed E-state index contributed by atoms with van der Waals surface area (Å²) < 4.78 is 31.5. The van der Waals surface area contributed by atoms with E-state index in [1.807, 2.05) is 0 Å². The standard InChI is InChI=1S/C14H20N2O3S2/c1-11(2)15-8-13-7-14(10-20-13)21(17,18)16(3)9-12-5-4-6-19-12/h4-7,10-11,15H,8-9H2,1-3H3. The molecule has 0 saturated carbocycles. The van der Waals surface area contributed by atoms with Crippen LogP contribution < -0.4 is 5.32 Å². The second-order valence-electron chi connectivity index (χ2n) is 5.12. The fourth-order valence-electron chi connectivity index (χ4n) is 1.78. The van der Waals surface area contributed by atoms with Gasteiger partial charge in [0.2, 0.25) is 10.0 Å². The number of rotatable bonds is 7. The molecular weight excluding hydrogens is 308 g/mol. The van der Waals surface area contributed by atoms with E-state index in [2.05, 4.69) is 19.2 Å². The van der Waals surface area contributed by atoms with Crippen LogP contribution in [0.25, 0.3) is 0 Å². The van der Waals surface area contributed by atoms with Gasteiger partial charge in [-0.3, -0.25) is 0 Å². The third-order valence-corrected chi connectivity index (χ3v) is 5.85. The normalized spacial score (nSPS) is 12.4. The number of furan rings is 1. The van der Waals surface area contributed by atoms with Crippen LogP contribution in [0.5, 0.6) is 0 Å². The van der Waals surface area contributed by atoms with Gasteiger partial charge in [-0.2, -0.15) is 4.31 Å². The lowest BCUT2D eigenvalue weighted by molar-refractivity contribution is 0.406. The highest BCUT2D eigenvalue weighted by Gasteiger charge is 2.23. The fourth-order valence-corrected chi connectivity index (χ4v) is 4.13. The maximum absolute atomic E-state index is 12.5. The van der Waals surface area contributed by atoms with E-state index in [0.717, 1.165) is 4.88 Å². The zero-order valence-electron chi connectivity index (χ0n) is 12.4. The average molecular weight is 328 g/mol. The molecule has 1 N–H and O–H groups in total. The summed E-state index contributed by atoms with van der Waals surface area (Å²) in [4.78, 5) is 1.34. The van der Waals surface area contributed by atoms with E-state index < -0.39 is 10.0 Å². The van der Waals surface area contributed by atoms with Crippen molar-refractivity contribution in [3.05, 3.63) is 40.5 Å². The highest BCUT2D eigenvalue weighted by Crippen LogP contribution is 2.23. The van der Waals surface area contributed by atoms with Crippen LogP contribution in [0.15, 0.2) is 39.2 Å². The molecule has 0 amide bonds. The Morgan fingerprint density at radius 2 is 2.19 bits per heavy atom. The molecule has 0 aliphatic rings. The Hall–Kier alpha value is -1.15. The number of nitrogens with zero attached hydrogens (tertiary/aromatic N) is 1. The lowest BCUT2D eigenvalue weighted by atomic mass is 10.4. The van der Waals surface area contributed by atoms with Gasteiger partial charge < -0.3 is 9.73 Å². The third-order valence-electron chi connectivity index (χ3n) is 2.98. The second-order valence-corrected chi connectivity index (χ2v) is 8.17. The van der Waals surface area contributed by atoms with Crippen LogP contribution in [0.3, 0.4) is 0 Å². The first-order valence-electron chi connectivity index (χ1n) is 6.69. The van der Waals surface area contributed by atoms with Gasteiger partial charge in [-0.25, -0.2) is 8.42 Å². The number of sulfonamides is 1. The van der Waals surface area contributed by atoms with E-state index in [9.17, 15) is 8.42 Å². The van der Waals surface area contributed by atoms with Crippen molar-refractivity contribution < 1.29 is 12.8 Å². The van der Waals surface area contributed by atoms with E-state index in [0.29, 0.717) is 23.2 Å². The molecule has 7 heteroatoms. The summed E-state index contributed by atoms with van der Waals surface area (Å²) >= 11 is 1.45. The number of hydrogen-bond donors (Lipinski definition) is 1. The molecule has 0 saturated heterocycles. The van der Waals surface area contributed by atoms with Crippen LogP contribution in [0.4, 0.5) is 0 Å². The molecule has 0 spiro atoms. The highest BCUT2D eigenvalue weighted by atomic mass is 32.2. The average Bonchev–Trinajstić information content (AvgIpc) is 3.07. The molecule has 2 heterocycles. The monoisotopic (exact) mass is 328 g/mol. The van der Waals surface area contributed by atoms with Crippen molar-refractivity contribution in [1.82, 2.24) is 9.62 Å². The molecule has 2 aromatic rings. The molecule has 0 atom stereocenters. The summed E-state index contributed by atoms with van der Waals surface area (Å²) in [6, 6.07) is 5.61. The first-order valence-corrected chi connectivity index (χ1v) is 9.01. The van der Waals surface area contributed by atoms with E-state index in [4.69, 9.17) is 4.42 Å². The molecule has 2 aromatic heterocycles. The van der Waals surface area contributed by atoms with Crippen molar-refractivity contribution in [3.8, 4) is 0 Å². The van der Waals surface area contributed by atoms with Gasteiger partial charge in [0.1, 0.15) is 5.76 Å². The summed E-state index contributed by atoms with van der Waals surface area (Å²) in [5.74, 6) is 0.623. The van der Waals surface area contributed by atoms with Crippen LogP contribution >= 0.6 is 11.3 Å². The molecule has 0 aliphatic heterocycles. The molecule has 116 valence electrons. The summed E-state index contributed by atoms with van der Waals surface area (Å²) in [5.41, 5.74) is 0. The fraction of sp³-hybridized carbons (Fsp3) is 0.429. The Morgan fingerprint density at radius 1 is 1.43 bits per heavy atom. The SMILES string of the molecule is CC(C)NCc1cc(S(=O)(=O)N(C)Cc2ccco2)cs1. The Bertz CT molecular complexity index is 660. The van der Waals surface area contributed by atoms with Gasteiger partial charge in [-0.05, 0) is 18.2 Å². The second kappa shape index (κ2) is 6.74. The topological polar surface area (TPSA) is 62.6 Å². The summed E-state index contributed by atoms with van der Waals surface area (Å²) in [6.07, 6.45) is 1.54. The molecule has 2 rings (SSSR count). The number of thiophene rings is 1. The predicted molar refractivity (Wildman–Crippen MR) is 83.7 cm³/mol. The highest BCUT2D eigenvalue weighted by molar-refractivity contribution is 7.89. The summed E-state index contributed by atoms with van der Waals surface area (Å²) in [6.45, 7) is 5.02. The molecule has 0 bridgehead atoms. The van der Waals surface area contributed by atoms with Crippen LogP contribution in [0.1, 0.15) is 24.5 Å². The van der Waals surface area contributed by atoms with Crippen molar-refractivity contribution in [2.45, 2.75) is 37.9 Å². The Morgan fingerprint density at radius 3 is 2.81 bits per heavy atom. The van der Waals surface area contributed by atoms with Gasteiger partial charge in [0.25, 0.3) is 0 Å². The third kappa shape index (κ3) is 4.16. The Balaban J connectivity index is 2.08. The summed E-state index contributed by atoms with van der Waals surface area (Å²) in [7, 11) is -1.92. The first-order chi connectivity index (χ1) is 9.89. The van der Waals surface area contributed by atoms with E-state index in [-0.39, 0.29) is 6.54 Å². The van der Waals surface area contributed by atoms with E-state index >= 15 is 0 Å². The van der Waals surface area contributed by atoms with Gasteiger partial charge in [-0.1, -0.05) is 13.8 Å². The van der Waals surface area contributed by atoms with Crippen molar-refractivity contribution in [2.75, 3.05) is 7.05 Å². The largest absolute Gasteiger partial charge is 0.468 e. The lowest BCUT2D eigenvalue weighted by Gasteiger charge is -2.14.